The molecule has 0 saturated heterocycles. The third kappa shape index (κ3) is 7.89. The van der Waals surface area contributed by atoms with Gasteiger partial charge < -0.3 is 14.7 Å². The van der Waals surface area contributed by atoms with Gasteiger partial charge in [0.25, 0.3) is 6.71 Å². The number of para-hydroxylation sites is 2. The van der Waals surface area contributed by atoms with E-state index in [0.717, 1.165) is 40.5 Å². The van der Waals surface area contributed by atoms with Crippen molar-refractivity contribution in [3.05, 3.63) is 253 Å². The van der Waals surface area contributed by atoms with E-state index in [-0.39, 0.29) is 23.0 Å². The van der Waals surface area contributed by atoms with Crippen molar-refractivity contribution >= 4 is 74.3 Å². The summed E-state index contributed by atoms with van der Waals surface area (Å²) in [6.45, 7) is 16.7. The molecule has 3 aliphatic rings. The number of hydrogen-bond acceptors (Lipinski definition) is 3. The molecule has 0 bridgehead atoms. The van der Waals surface area contributed by atoms with Crippen LogP contribution < -0.4 is 31.1 Å². The zero-order chi connectivity index (χ0) is 51.2. The van der Waals surface area contributed by atoms with Crippen molar-refractivity contribution < 1.29 is 0 Å². The van der Waals surface area contributed by atoms with Crippen LogP contribution in [0.25, 0.3) is 33.4 Å². The fourth-order valence-corrected chi connectivity index (χ4v) is 13.0. The number of fused-ring (bicyclic) bond motifs is 5. The average molecular weight is 968 g/mol. The third-order valence-corrected chi connectivity index (χ3v) is 16.3. The maximum Gasteiger partial charge on any atom is 0.252 e. The first kappa shape index (κ1) is 46.5. The maximum atomic E-state index is 2.67. The standard InChI is InChI=1S/C71H62BN3/c1-69(2,3)53-37-39-63(58(42-53)50-28-17-10-18-29-50)75-65-46-60-59(70(4,5)47-71(60,6)7)45-62(65)72-61-38-36-52(49-26-15-9-16-27-49)41-64(61)74(56-35-23-30-51(40-56)48-24-13-8-14-25-48)66-43-57(44-67(75)68(66)72)73(54-31-19-11-20-32-54)55-33-21-12-22-34-55/h8-46H,47H2,1-7H3. The summed E-state index contributed by atoms with van der Waals surface area (Å²) in [5, 5.41) is 0. The van der Waals surface area contributed by atoms with Crippen LogP contribution in [0.5, 0.6) is 0 Å². The summed E-state index contributed by atoms with van der Waals surface area (Å²) >= 11 is 0. The van der Waals surface area contributed by atoms with Crippen LogP contribution in [0.1, 0.15) is 71.6 Å². The lowest BCUT2D eigenvalue weighted by Gasteiger charge is -2.46. The Morgan fingerprint density at radius 2 is 0.893 bits per heavy atom. The van der Waals surface area contributed by atoms with E-state index in [0.29, 0.717) is 0 Å². The Kier molecular flexibility index (Phi) is 10.9. The molecular weight excluding hydrogens is 906 g/mol. The zero-order valence-electron chi connectivity index (χ0n) is 44.1. The van der Waals surface area contributed by atoms with Crippen molar-refractivity contribution in [1.82, 2.24) is 0 Å². The first-order valence-corrected chi connectivity index (χ1v) is 26.7. The van der Waals surface area contributed by atoms with Gasteiger partial charge in [0.1, 0.15) is 0 Å². The SMILES string of the molecule is CC(C)(C)c1ccc(N2c3cc4c(cc3B3c5ccc(-c6ccccc6)cc5N(c5cccc(-c6ccccc6)c5)c5cc(N(c6ccccc6)c6ccccc6)cc2c53)C(C)(C)CC4(C)C)c(-c2ccccc2)c1. The minimum absolute atomic E-state index is 0.0142. The van der Waals surface area contributed by atoms with E-state index in [2.05, 4.69) is 300 Å². The highest BCUT2D eigenvalue weighted by Crippen LogP contribution is 2.55. The maximum absolute atomic E-state index is 2.67. The lowest BCUT2D eigenvalue weighted by molar-refractivity contribution is 0.403. The first-order chi connectivity index (χ1) is 36.3. The predicted octanol–water partition coefficient (Wildman–Crippen LogP) is 17.5. The van der Waals surface area contributed by atoms with Gasteiger partial charge >= 0.3 is 0 Å². The van der Waals surface area contributed by atoms with E-state index >= 15 is 0 Å². The first-order valence-electron chi connectivity index (χ1n) is 26.7. The van der Waals surface area contributed by atoms with E-state index in [1.807, 2.05) is 0 Å². The molecule has 0 saturated carbocycles. The highest BCUT2D eigenvalue weighted by atomic mass is 15.2. The summed E-state index contributed by atoms with van der Waals surface area (Å²) < 4.78 is 0. The molecule has 0 spiro atoms. The Hall–Kier alpha value is -8.34. The molecule has 4 heteroatoms. The molecule has 75 heavy (non-hydrogen) atoms. The molecule has 13 rings (SSSR count). The summed E-state index contributed by atoms with van der Waals surface area (Å²) in [5.74, 6) is 0. The molecule has 0 radical (unpaired) electrons. The Bertz CT molecular complexity index is 3750. The largest absolute Gasteiger partial charge is 0.311 e. The number of benzene rings is 10. The molecular formula is C71H62BN3. The minimum atomic E-state index is -0.0792. The van der Waals surface area contributed by atoms with Crippen molar-refractivity contribution in [2.24, 2.45) is 0 Å². The molecule has 0 N–H and O–H groups in total. The number of hydrogen-bond donors (Lipinski definition) is 0. The van der Waals surface area contributed by atoms with Crippen LogP contribution in [0.2, 0.25) is 0 Å². The van der Waals surface area contributed by atoms with Crippen LogP contribution in [-0.2, 0) is 16.2 Å². The molecule has 2 aliphatic heterocycles. The lowest BCUT2D eigenvalue weighted by atomic mass is 9.33. The number of nitrogens with zero attached hydrogens (tertiary/aromatic N) is 3. The molecule has 0 aromatic heterocycles. The molecule has 3 nitrogen and oxygen atoms in total. The smallest absolute Gasteiger partial charge is 0.252 e. The zero-order valence-corrected chi connectivity index (χ0v) is 44.1. The van der Waals surface area contributed by atoms with Gasteiger partial charge in [0, 0.05) is 45.4 Å². The fourth-order valence-electron chi connectivity index (χ4n) is 13.0. The van der Waals surface area contributed by atoms with Gasteiger partial charge in [-0.2, -0.15) is 0 Å². The monoisotopic (exact) mass is 968 g/mol. The van der Waals surface area contributed by atoms with E-state index in [1.165, 1.54) is 83.5 Å². The molecule has 364 valence electrons. The van der Waals surface area contributed by atoms with Gasteiger partial charge in [0.2, 0.25) is 0 Å². The second-order valence-corrected chi connectivity index (χ2v) is 23.3. The Labute approximate surface area is 444 Å². The highest BCUT2D eigenvalue weighted by molar-refractivity contribution is 7.00. The molecule has 0 unspecified atom stereocenters. The van der Waals surface area contributed by atoms with Crippen LogP contribution in [0.4, 0.5) is 51.2 Å². The van der Waals surface area contributed by atoms with Gasteiger partial charge in [-0.1, -0.05) is 212 Å². The molecule has 10 aromatic rings. The molecule has 0 amide bonds. The highest BCUT2D eigenvalue weighted by Gasteiger charge is 2.49. The van der Waals surface area contributed by atoms with Crippen molar-refractivity contribution in [2.75, 3.05) is 14.7 Å². The van der Waals surface area contributed by atoms with Crippen molar-refractivity contribution in [3.63, 3.8) is 0 Å². The third-order valence-electron chi connectivity index (χ3n) is 16.3. The van der Waals surface area contributed by atoms with Crippen LogP contribution in [-0.4, -0.2) is 6.71 Å². The van der Waals surface area contributed by atoms with Gasteiger partial charge in [-0.05, 0) is 156 Å². The average Bonchev–Trinajstić information content (AvgIpc) is 3.88. The fraction of sp³-hybridized carbons (Fsp3) is 0.155. The second kappa shape index (κ2) is 17.7. The van der Waals surface area contributed by atoms with Gasteiger partial charge in [-0.3, -0.25) is 0 Å². The van der Waals surface area contributed by atoms with Crippen molar-refractivity contribution in [3.8, 4) is 33.4 Å². The molecule has 1 aliphatic carbocycles. The predicted molar refractivity (Wildman–Crippen MR) is 321 cm³/mol. The summed E-state index contributed by atoms with van der Waals surface area (Å²) in [7, 11) is 0. The van der Waals surface area contributed by atoms with Crippen LogP contribution in [0.15, 0.2) is 237 Å². The number of rotatable bonds is 8. The molecule has 2 heterocycles. The minimum Gasteiger partial charge on any atom is -0.311 e. The molecule has 0 atom stereocenters. The van der Waals surface area contributed by atoms with Gasteiger partial charge in [0.15, 0.2) is 0 Å². The Morgan fingerprint density at radius 1 is 0.387 bits per heavy atom. The summed E-state index contributed by atoms with van der Waals surface area (Å²) in [5.41, 5.74) is 25.5. The van der Waals surface area contributed by atoms with Gasteiger partial charge in [-0.25, -0.2) is 0 Å². The van der Waals surface area contributed by atoms with Gasteiger partial charge in [0.05, 0.1) is 11.4 Å². The summed E-state index contributed by atoms with van der Waals surface area (Å²) in [6.07, 6.45) is 1.08. The second-order valence-electron chi connectivity index (χ2n) is 23.3. The normalized spacial score (nSPS) is 14.7. The Morgan fingerprint density at radius 3 is 1.48 bits per heavy atom. The quantitative estimate of drug-likeness (QED) is 0.141. The van der Waals surface area contributed by atoms with E-state index in [4.69, 9.17) is 0 Å². The van der Waals surface area contributed by atoms with Crippen molar-refractivity contribution in [2.45, 2.75) is 71.1 Å². The van der Waals surface area contributed by atoms with Gasteiger partial charge in [-0.15, -0.1) is 0 Å². The van der Waals surface area contributed by atoms with Crippen LogP contribution in [0.3, 0.4) is 0 Å². The summed E-state index contributed by atoms with van der Waals surface area (Å²) in [4.78, 5) is 7.70. The van der Waals surface area contributed by atoms with E-state index in [9.17, 15) is 0 Å². The molecule has 10 aromatic carbocycles. The number of anilines is 9. The van der Waals surface area contributed by atoms with Crippen LogP contribution in [0, 0.1) is 0 Å². The van der Waals surface area contributed by atoms with Crippen LogP contribution >= 0.6 is 0 Å². The van der Waals surface area contributed by atoms with Crippen molar-refractivity contribution in [1.29, 1.82) is 0 Å². The van der Waals surface area contributed by atoms with E-state index < -0.39 is 0 Å². The molecule has 0 fully saturated rings. The Balaban J connectivity index is 1.20. The topological polar surface area (TPSA) is 9.72 Å². The summed E-state index contributed by atoms with van der Waals surface area (Å²) in [6, 6.07) is 88.6. The lowest BCUT2D eigenvalue weighted by Crippen LogP contribution is -2.61. The van der Waals surface area contributed by atoms with E-state index in [1.54, 1.807) is 0 Å².